The van der Waals surface area contributed by atoms with E-state index in [1.807, 2.05) is 32.7 Å². The first-order valence-corrected chi connectivity index (χ1v) is 11.9. The molecule has 6 nitrogen and oxygen atoms in total. The van der Waals surface area contributed by atoms with Crippen LogP contribution in [0.2, 0.25) is 0 Å². The number of aliphatic imine (C=N–C) groups is 1. The normalized spacial score (nSPS) is 21.9. The van der Waals surface area contributed by atoms with E-state index in [0.717, 1.165) is 51.4 Å². The SMILES string of the molecule is CN=C(NCC1Cc2ccccc21)N1CCC(N(CC2CC2)C(=O)OC(C)(C)C)CC1. The molecular weight excluding hydrogens is 388 g/mol. The average Bonchev–Trinajstić information content (AvgIpc) is 3.53. The number of piperidine rings is 1. The Morgan fingerprint density at radius 2 is 1.90 bits per heavy atom. The second-order valence-corrected chi connectivity index (χ2v) is 10.3. The summed E-state index contributed by atoms with van der Waals surface area (Å²) in [7, 11) is 1.86. The van der Waals surface area contributed by atoms with Gasteiger partial charge in [0.2, 0.25) is 0 Å². The molecule has 6 heteroatoms. The van der Waals surface area contributed by atoms with Crippen molar-refractivity contribution >= 4 is 12.1 Å². The number of nitrogens with one attached hydrogen (secondary N) is 1. The summed E-state index contributed by atoms with van der Waals surface area (Å²) in [6.07, 6.45) is 5.38. The van der Waals surface area contributed by atoms with Crippen molar-refractivity contribution in [1.29, 1.82) is 0 Å². The molecule has 1 aromatic rings. The highest BCUT2D eigenvalue weighted by Gasteiger charge is 2.36. The molecule has 1 saturated heterocycles. The number of guanidine groups is 1. The summed E-state index contributed by atoms with van der Waals surface area (Å²) >= 11 is 0. The van der Waals surface area contributed by atoms with Gasteiger partial charge in [0.05, 0.1) is 0 Å². The van der Waals surface area contributed by atoms with Crippen LogP contribution in [0.5, 0.6) is 0 Å². The van der Waals surface area contributed by atoms with E-state index in [1.54, 1.807) is 0 Å². The number of likely N-dealkylation sites (tertiary alicyclic amines) is 1. The molecule has 0 spiro atoms. The molecule has 0 aromatic heterocycles. The van der Waals surface area contributed by atoms with Gasteiger partial charge in [0.25, 0.3) is 0 Å². The van der Waals surface area contributed by atoms with Crippen molar-refractivity contribution in [3.8, 4) is 0 Å². The van der Waals surface area contributed by atoms with Gasteiger partial charge >= 0.3 is 6.09 Å². The lowest BCUT2D eigenvalue weighted by Gasteiger charge is -2.40. The van der Waals surface area contributed by atoms with Crippen molar-refractivity contribution in [2.45, 2.75) is 70.4 Å². The highest BCUT2D eigenvalue weighted by Crippen LogP contribution is 2.34. The van der Waals surface area contributed by atoms with Crippen LogP contribution in [0.3, 0.4) is 0 Å². The molecule has 1 atom stereocenters. The van der Waals surface area contributed by atoms with Crippen molar-refractivity contribution in [3.63, 3.8) is 0 Å². The van der Waals surface area contributed by atoms with Gasteiger partial charge in [0.15, 0.2) is 5.96 Å². The van der Waals surface area contributed by atoms with E-state index < -0.39 is 5.60 Å². The molecule has 31 heavy (non-hydrogen) atoms. The number of ether oxygens (including phenoxy) is 1. The number of nitrogens with zero attached hydrogens (tertiary/aromatic N) is 3. The third-order valence-corrected chi connectivity index (χ3v) is 6.66. The van der Waals surface area contributed by atoms with Gasteiger partial charge in [0.1, 0.15) is 5.60 Å². The first kappa shape index (κ1) is 22.0. The number of rotatable bonds is 5. The lowest BCUT2D eigenvalue weighted by Crippen LogP contribution is -2.53. The third kappa shape index (κ3) is 5.52. The quantitative estimate of drug-likeness (QED) is 0.571. The average molecular weight is 427 g/mol. The molecule has 170 valence electrons. The van der Waals surface area contributed by atoms with E-state index in [4.69, 9.17) is 4.74 Å². The molecule has 1 N–H and O–H groups in total. The summed E-state index contributed by atoms with van der Waals surface area (Å²) < 4.78 is 5.73. The van der Waals surface area contributed by atoms with Crippen LogP contribution >= 0.6 is 0 Å². The first-order chi connectivity index (χ1) is 14.8. The largest absolute Gasteiger partial charge is 0.444 e. The van der Waals surface area contributed by atoms with Gasteiger partial charge in [-0.15, -0.1) is 0 Å². The molecule has 0 radical (unpaired) electrons. The molecule has 2 fully saturated rings. The third-order valence-electron chi connectivity index (χ3n) is 6.66. The maximum atomic E-state index is 12.9. The van der Waals surface area contributed by atoms with Crippen molar-refractivity contribution in [1.82, 2.24) is 15.1 Å². The monoisotopic (exact) mass is 426 g/mol. The smallest absolute Gasteiger partial charge is 0.410 e. The van der Waals surface area contributed by atoms with Crippen molar-refractivity contribution in [2.24, 2.45) is 10.9 Å². The van der Waals surface area contributed by atoms with Crippen LogP contribution in [0, 0.1) is 5.92 Å². The van der Waals surface area contributed by atoms with Gasteiger partial charge in [0, 0.05) is 45.2 Å². The number of carbonyl (C=O) groups excluding carboxylic acids is 1. The topological polar surface area (TPSA) is 57.2 Å². The first-order valence-electron chi connectivity index (χ1n) is 11.9. The van der Waals surface area contributed by atoms with Crippen LogP contribution < -0.4 is 5.32 Å². The molecule has 1 aliphatic heterocycles. The number of benzene rings is 1. The zero-order valence-corrected chi connectivity index (χ0v) is 19.6. The summed E-state index contributed by atoms with van der Waals surface area (Å²) in [4.78, 5) is 21.8. The molecule has 0 bridgehead atoms. The van der Waals surface area contributed by atoms with Gasteiger partial charge in [-0.1, -0.05) is 24.3 Å². The number of amides is 1. The second kappa shape index (κ2) is 9.09. The predicted octanol–water partition coefficient (Wildman–Crippen LogP) is 4.01. The molecule has 1 amide bonds. The molecule has 1 aromatic carbocycles. The Morgan fingerprint density at radius 3 is 2.52 bits per heavy atom. The van der Waals surface area contributed by atoms with Crippen molar-refractivity contribution in [3.05, 3.63) is 35.4 Å². The fourth-order valence-corrected chi connectivity index (χ4v) is 4.75. The van der Waals surface area contributed by atoms with Gasteiger partial charge in [-0.3, -0.25) is 4.99 Å². The van der Waals surface area contributed by atoms with E-state index >= 15 is 0 Å². The van der Waals surface area contributed by atoms with E-state index in [2.05, 4.69) is 39.5 Å². The van der Waals surface area contributed by atoms with Crippen LogP contribution in [0.4, 0.5) is 4.79 Å². The maximum absolute atomic E-state index is 12.9. The highest BCUT2D eigenvalue weighted by molar-refractivity contribution is 5.80. The number of carbonyl (C=O) groups is 1. The lowest BCUT2D eigenvalue weighted by atomic mass is 9.78. The molecule has 1 saturated carbocycles. The fourth-order valence-electron chi connectivity index (χ4n) is 4.75. The minimum absolute atomic E-state index is 0.149. The summed E-state index contributed by atoms with van der Waals surface area (Å²) in [6, 6.07) is 8.97. The molecule has 4 rings (SSSR count). The fraction of sp³-hybridized carbons (Fsp3) is 0.680. The second-order valence-electron chi connectivity index (χ2n) is 10.3. The minimum atomic E-state index is -0.453. The predicted molar refractivity (Wildman–Crippen MR) is 125 cm³/mol. The Morgan fingerprint density at radius 1 is 1.19 bits per heavy atom. The maximum Gasteiger partial charge on any atom is 0.410 e. The molecule has 1 heterocycles. The summed E-state index contributed by atoms with van der Waals surface area (Å²) in [5, 5.41) is 3.59. The molecule has 1 unspecified atom stereocenters. The van der Waals surface area contributed by atoms with Gasteiger partial charge in [-0.2, -0.15) is 0 Å². The highest BCUT2D eigenvalue weighted by atomic mass is 16.6. The van der Waals surface area contributed by atoms with Crippen LogP contribution in [0.25, 0.3) is 0 Å². The van der Waals surface area contributed by atoms with E-state index in [-0.39, 0.29) is 12.1 Å². The van der Waals surface area contributed by atoms with E-state index in [9.17, 15) is 4.79 Å². The Kier molecular flexibility index (Phi) is 6.44. The molecule has 2 aliphatic carbocycles. The van der Waals surface area contributed by atoms with Crippen LogP contribution in [-0.2, 0) is 11.2 Å². The zero-order chi connectivity index (χ0) is 22.0. The number of hydrogen-bond acceptors (Lipinski definition) is 3. The van der Waals surface area contributed by atoms with Gasteiger partial charge in [-0.25, -0.2) is 4.79 Å². The van der Waals surface area contributed by atoms with Crippen molar-refractivity contribution < 1.29 is 9.53 Å². The summed E-state index contributed by atoms with van der Waals surface area (Å²) in [5.41, 5.74) is 2.49. The Hall–Kier alpha value is -2.24. The summed E-state index contributed by atoms with van der Waals surface area (Å²) in [6.45, 7) is 9.42. The Labute approximate surface area is 187 Å². The Bertz CT molecular complexity index is 804. The number of fused-ring (bicyclic) bond motifs is 1. The number of hydrogen-bond donors (Lipinski definition) is 1. The van der Waals surface area contributed by atoms with Crippen LogP contribution in [0.15, 0.2) is 29.3 Å². The zero-order valence-electron chi connectivity index (χ0n) is 19.6. The molecular formula is C25H38N4O2. The van der Waals surface area contributed by atoms with E-state index in [1.165, 1.54) is 24.0 Å². The van der Waals surface area contributed by atoms with E-state index in [0.29, 0.717) is 11.8 Å². The lowest BCUT2D eigenvalue weighted by molar-refractivity contribution is 0.00928. The Balaban J connectivity index is 1.29. The molecule has 3 aliphatic rings. The van der Waals surface area contributed by atoms with Crippen molar-refractivity contribution in [2.75, 3.05) is 33.2 Å². The van der Waals surface area contributed by atoms with Gasteiger partial charge in [-0.05, 0) is 69.9 Å². The van der Waals surface area contributed by atoms with Gasteiger partial charge < -0.3 is 19.9 Å². The standard InChI is InChI=1S/C25H38N4O2/c1-25(2,3)31-24(30)29(17-18-9-10-18)21-11-13-28(14-12-21)23(26-4)27-16-20-15-19-7-5-6-8-22(19)20/h5-8,18,20-21H,9-17H2,1-4H3,(H,26,27). The minimum Gasteiger partial charge on any atom is -0.444 e. The van der Waals surface area contributed by atoms with Crippen LogP contribution in [-0.4, -0.2) is 66.7 Å². The van der Waals surface area contributed by atoms with Crippen LogP contribution in [0.1, 0.15) is 63.5 Å². The summed E-state index contributed by atoms with van der Waals surface area (Å²) in [5.74, 6) is 2.21.